The van der Waals surface area contributed by atoms with E-state index >= 15 is 0 Å². The number of halogens is 12. The first-order valence-electron chi connectivity index (χ1n) is 10.8. The molecule has 0 aromatic carbocycles. The van der Waals surface area contributed by atoms with Crippen molar-refractivity contribution in [1.82, 2.24) is 0 Å². The highest BCUT2D eigenvalue weighted by Gasteiger charge is 2.77. The average molecular weight is 572 g/mol. The number of hydrogen-bond donors (Lipinski definition) is 0. The van der Waals surface area contributed by atoms with Crippen LogP contribution >= 0.6 is 0 Å². The van der Waals surface area contributed by atoms with Crippen molar-refractivity contribution < 1.29 is 71.7 Å². The molecule has 1 rings (SSSR count). The van der Waals surface area contributed by atoms with Gasteiger partial charge in [0, 0.05) is 26.1 Å². The van der Waals surface area contributed by atoms with Gasteiger partial charge in [-0.05, 0) is 46.5 Å². The second kappa shape index (κ2) is 9.94. The second-order valence-corrected chi connectivity index (χ2v) is 9.80. The van der Waals surface area contributed by atoms with Gasteiger partial charge in [-0.1, -0.05) is 6.92 Å². The minimum Gasteiger partial charge on any atom is -0.459 e. The molecule has 5 unspecified atom stereocenters. The largest absolute Gasteiger partial charge is 0.459 e. The molecule has 0 amide bonds. The predicted octanol–water partition coefficient (Wildman–Crippen LogP) is 7.16. The third-order valence-electron chi connectivity index (χ3n) is 7.55. The van der Waals surface area contributed by atoms with E-state index in [0.29, 0.717) is 27.9 Å². The molecule has 0 heterocycles. The number of carbonyl (C=O) groups is 1. The lowest BCUT2D eigenvalue weighted by atomic mass is 9.62. The molecule has 16 heteroatoms. The first kappa shape index (κ1) is 33.6. The van der Waals surface area contributed by atoms with E-state index in [1.807, 2.05) is 0 Å². The van der Waals surface area contributed by atoms with E-state index < -0.39 is 90.4 Å². The van der Waals surface area contributed by atoms with Crippen molar-refractivity contribution in [2.45, 2.75) is 94.9 Å². The van der Waals surface area contributed by atoms with Gasteiger partial charge in [0.1, 0.15) is 5.60 Å². The van der Waals surface area contributed by atoms with Crippen molar-refractivity contribution in [3.05, 3.63) is 0 Å². The van der Waals surface area contributed by atoms with Gasteiger partial charge < -0.3 is 14.2 Å². The summed E-state index contributed by atoms with van der Waals surface area (Å²) in [4.78, 5) is 12.6. The zero-order valence-corrected chi connectivity index (χ0v) is 20.7. The van der Waals surface area contributed by atoms with E-state index in [1.54, 1.807) is 0 Å². The Morgan fingerprint density at radius 3 is 1.49 bits per heavy atom. The van der Waals surface area contributed by atoms with Crippen molar-refractivity contribution in [2.75, 3.05) is 14.2 Å². The molecule has 4 nitrogen and oxygen atoms in total. The summed E-state index contributed by atoms with van der Waals surface area (Å²) < 4.78 is 179. The van der Waals surface area contributed by atoms with Crippen molar-refractivity contribution in [3.8, 4) is 0 Å². The van der Waals surface area contributed by atoms with Crippen LogP contribution in [-0.4, -0.2) is 61.7 Å². The van der Waals surface area contributed by atoms with Crippen LogP contribution in [-0.2, 0) is 19.0 Å². The van der Waals surface area contributed by atoms with E-state index in [2.05, 4.69) is 9.47 Å². The van der Waals surface area contributed by atoms with Crippen LogP contribution < -0.4 is 0 Å². The summed E-state index contributed by atoms with van der Waals surface area (Å²) in [5.74, 6) is -7.13. The van der Waals surface area contributed by atoms with Gasteiger partial charge in [-0.25, -0.2) is 0 Å². The zero-order valence-electron chi connectivity index (χ0n) is 20.7. The van der Waals surface area contributed by atoms with Crippen molar-refractivity contribution in [3.63, 3.8) is 0 Å². The minimum absolute atomic E-state index is 0.0605. The molecule has 0 N–H and O–H groups in total. The fraction of sp³-hybridized carbons (Fsp3) is 0.952. The highest BCUT2D eigenvalue weighted by Crippen LogP contribution is 2.59. The molecule has 1 aliphatic carbocycles. The Bertz CT molecular complexity index is 804. The highest BCUT2D eigenvalue weighted by molar-refractivity contribution is 5.77. The predicted molar refractivity (Wildman–Crippen MR) is 103 cm³/mol. The second-order valence-electron chi connectivity index (χ2n) is 9.80. The fourth-order valence-electron chi connectivity index (χ4n) is 4.78. The maximum atomic E-state index is 14.0. The Morgan fingerprint density at radius 2 is 1.19 bits per heavy atom. The lowest BCUT2D eigenvalue weighted by Crippen LogP contribution is -2.67. The Morgan fingerprint density at radius 1 is 0.757 bits per heavy atom. The summed E-state index contributed by atoms with van der Waals surface area (Å²) in [6, 6.07) is 0. The lowest BCUT2D eigenvalue weighted by molar-refractivity contribution is -0.400. The Kier molecular flexibility index (Phi) is 9.02. The topological polar surface area (TPSA) is 44.8 Å². The third kappa shape index (κ3) is 5.64. The number of ether oxygens (including phenoxy) is 3. The van der Waals surface area contributed by atoms with E-state index in [-0.39, 0.29) is 7.11 Å². The molecule has 0 aromatic heterocycles. The monoisotopic (exact) mass is 572 g/mol. The summed E-state index contributed by atoms with van der Waals surface area (Å²) in [7, 11) is 0.584. The van der Waals surface area contributed by atoms with Gasteiger partial charge in [0.25, 0.3) is 5.60 Å². The van der Waals surface area contributed by atoms with Crippen LogP contribution in [0.25, 0.3) is 0 Å². The first-order valence-corrected chi connectivity index (χ1v) is 10.8. The minimum atomic E-state index is -6.22. The van der Waals surface area contributed by atoms with Gasteiger partial charge in [-0.2, -0.15) is 52.7 Å². The number of alkyl halides is 12. The number of hydrogen-bond acceptors (Lipinski definition) is 4. The van der Waals surface area contributed by atoms with Crippen LogP contribution in [0.15, 0.2) is 0 Å². The molecule has 0 aliphatic heterocycles. The quantitative estimate of drug-likeness (QED) is 0.240. The van der Waals surface area contributed by atoms with E-state index in [9.17, 15) is 57.5 Å². The molecule has 1 saturated carbocycles. The van der Waals surface area contributed by atoms with E-state index in [4.69, 9.17) is 4.74 Å². The highest BCUT2D eigenvalue weighted by atomic mass is 19.4. The van der Waals surface area contributed by atoms with Gasteiger partial charge in [0.05, 0.1) is 0 Å². The standard InChI is InChI=1S/C21H28F12O4/c1-7-15(3,18(22,23)24)13(34)37-14(2)9-11(16(4,35-5)19(25,26)27)8-12(10-14)17(36-6,20(28,29)30)21(31,32)33/h11-12H,7-10H2,1-6H3. The Hall–Kier alpha value is -1.45. The molecule has 1 aliphatic rings. The van der Waals surface area contributed by atoms with E-state index in [0.717, 1.165) is 6.92 Å². The van der Waals surface area contributed by atoms with Crippen molar-refractivity contribution in [1.29, 1.82) is 0 Å². The summed E-state index contributed by atoms with van der Waals surface area (Å²) >= 11 is 0. The molecule has 5 atom stereocenters. The van der Waals surface area contributed by atoms with Crippen LogP contribution in [0.4, 0.5) is 52.7 Å². The van der Waals surface area contributed by atoms with Gasteiger partial charge in [0.15, 0.2) is 11.0 Å². The normalized spacial score (nSPS) is 27.8. The summed E-state index contributed by atoms with van der Waals surface area (Å²) in [5.41, 5.74) is -14.2. The molecule has 0 bridgehead atoms. The average Bonchev–Trinajstić information content (AvgIpc) is 2.68. The SMILES string of the molecule is CCC(C)(C(=O)OC1(C)CC(C(C)(OC)C(F)(F)F)CC(C(OC)(C(F)(F)F)C(F)(F)F)C1)C(F)(F)F. The number of methoxy groups -OCH3 is 2. The van der Waals surface area contributed by atoms with Crippen molar-refractivity contribution in [2.24, 2.45) is 17.3 Å². The van der Waals surface area contributed by atoms with Gasteiger partial charge >= 0.3 is 30.7 Å². The molecular formula is C21H28F12O4. The van der Waals surface area contributed by atoms with Gasteiger partial charge in [-0.3, -0.25) is 4.79 Å². The third-order valence-corrected chi connectivity index (χ3v) is 7.55. The van der Waals surface area contributed by atoms with Crippen LogP contribution in [0, 0.1) is 17.3 Å². The van der Waals surface area contributed by atoms with Crippen LogP contribution in [0.2, 0.25) is 0 Å². The molecule has 0 saturated heterocycles. The molecular weight excluding hydrogens is 544 g/mol. The molecule has 220 valence electrons. The van der Waals surface area contributed by atoms with Gasteiger partial charge in [-0.15, -0.1) is 0 Å². The molecule has 1 fully saturated rings. The molecule has 0 aromatic rings. The van der Waals surface area contributed by atoms with Crippen LogP contribution in [0.3, 0.4) is 0 Å². The summed E-state index contributed by atoms with van der Waals surface area (Å²) in [6.45, 7) is 2.40. The van der Waals surface area contributed by atoms with Crippen LogP contribution in [0.5, 0.6) is 0 Å². The maximum Gasteiger partial charge on any atom is 0.426 e. The number of carbonyl (C=O) groups excluding carboxylic acids is 1. The Labute approximate surface area is 205 Å². The molecule has 0 spiro atoms. The summed E-state index contributed by atoms with van der Waals surface area (Å²) in [6.07, 6.45) is -27.8. The van der Waals surface area contributed by atoms with Gasteiger partial charge in [0.2, 0.25) is 0 Å². The first-order chi connectivity index (χ1) is 16.2. The number of esters is 1. The smallest absolute Gasteiger partial charge is 0.426 e. The number of rotatable bonds is 7. The Balaban J connectivity index is 3.83. The van der Waals surface area contributed by atoms with Crippen molar-refractivity contribution >= 4 is 5.97 Å². The maximum absolute atomic E-state index is 14.0. The molecule has 37 heavy (non-hydrogen) atoms. The fourth-order valence-corrected chi connectivity index (χ4v) is 4.78. The molecule has 0 radical (unpaired) electrons. The zero-order chi connectivity index (χ0) is 29.7. The lowest BCUT2D eigenvalue weighted by Gasteiger charge is -2.52. The van der Waals surface area contributed by atoms with Crippen LogP contribution in [0.1, 0.15) is 53.4 Å². The summed E-state index contributed by atoms with van der Waals surface area (Å²) in [5, 5.41) is 0. The van der Waals surface area contributed by atoms with E-state index in [1.165, 1.54) is 0 Å².